The Bertz CT molecular complexity index is 794. The number of pyridine rings is 1. The second kappa shape index (κ2) is 6.71. The number of benzene rings is 2. The van der Waals surface area contributed by atoms with Crippen molar-refractivity contribution in [1.29, 1.82) is 0 Å². The lowest BCUT2D eigenvalue weighted by Gasteiger charge is -2.08. The summed E-state index contributed by atoms with van der Waals surface area (Å²) in [5.74, 6) is 0.0206. The molecule has 3 aromatic rings. The van der Waals surface area contributed by atoms with Crippen molar-refractivity contribution >= 4 is 32.6 Å². The predicted octanol–water partition coefficient (Wildman–Crippen LogP) is 3.86. The van der Waals surface area contributed by atoms with Gasteiger partial charge in [-0.25, -0.2) is 0 Å². The Kier molecular flexibility index (Phi) is 4.49. The molecule has 0 spiro atoms. The van der Waals surface area contributed by atoms with Crippen LogP contribution in [-0.2, 0) is 17.8 Å². The molecule has 0 saturated heterocycles. The maximum Gasteiger partial charge on any atom is 0.224 e. The molecule has 4 heteroatoms. The molecule has 22 heavy (non-hydrogen) atoms. The van der Waals surface area contributed by atoms with E-state index in [0.29, 0.717) is 13.0 Å². The van der Waals surface area contributed by atoms with Crippen molar-refractivity contribution in [2.24, 2.45) is 0 Å². The average Bonchev–Trinajstić information content (AvgIpc) is 2.55. The first-order chi connectivity index (χ1) is 10.7. The van der Waals surface area contributed by atoms with E-state index in [4.69, 9.17) is 0 Å². The third-order valence-corrected chi connectivity index (χ3v) is 4.05. The van der Waals surface area contributed by atoms with Crippen LogP contribution in [0.1, 0.15) is 11.1 Å². The van der Waals surface area contributed by atoms with E-state index >= 15 is 0 Å². The van der Waals surface area contributed by atoms with Crippen molar-refractivity contribution in [2.45, 2.75) is 13.0 Å². The van der Waals surface area contributed by atoms with Crippen molar-refractivity contribution < 1.29 is 4.79 Å². The molecule has 0 bridgehead atoms. The molecule has 0 aliphatic rings. The van der Waals surface area contributed by atoms with E-state index < -0.39 is 0 Å². The number of aromatic nitrogens is 1. The largest absolute Gasteiger partial charge is 0.352 e. The predicted molar refractivity (Wildman–Crippen MR) is 91.4 cm³/mol. The molecule has 1 amide bonds. The minimum atomic E-state index is 0.0206. The van der Waals surface area contributed by atoms with Gasteiger partial charge in [-0.05, 0) is 34.7 Å². The number of rotatable bonds is 4. The fourth-order valence-electron chi connectivity index (χ4n) is 2.38. The van der Waals surface area contributed by atoms with Crippen molar-refractivity contribution in [3.8, 4) is 0 Å². The summed E-state index contributed by atoms with van der Waals surface area (Å²) < 4.78 is 1.03. The summed E-state index contributed by atoms with van der Waals surface area (Å²) in [5.41, 5.74) is 2.10. The highest BCUT2D eigenvalue weighted by molar-refractivity contribution is 9.10. The van der Waals surface area contributed by atoms with Gasteiger partial charge in [0.25, 0.3) is 0 Å². The molecule has 0 aliphatic carbocycles. The normalized spacial score (nSPS) is 10.6. The first-order valence-corrected chi connectivity index (χ1v) is 7.84. The van der Waals surface area contributed by atoms with Crippen molar-refractivity contribution in [3.05, 3.63) is 76.5 Å². The van der Waals surface area contributed by atoms with Crippen LogP contribution in [0.25, 0.3) is 10.8 Å². The van der Waals surface area contributed by atoms with Crippen molar-refractivity contribution in [2.75, 3.05) is 0 Å². The van der Waals surface area contributed by atoms with Gasteiger partial charge in [0.05, 0.1) is 6.42 Å². The molecule has 1 N–H and O–H groups in total. The average molecular weight is 355 g/mol. The number of hydrogen-bond acceptors (Lipinski definition) is 2. The SMILES string of the molecule is O=C(Cc1cccc2cnccc12)NCc1ccc(Br)cc1. The van der Waals surface area contributed by atoms with Crippen LogP contribution in [-0.4, -0.2) is 10.9 Å². The number of nitrogens with one attached hydrogen (secondary N) is 1. The van der Waals surface area contributed by atoms with E-state index in [-0.39, 0.29) is 5.91 Å². The van der Waals surface area contributed by atoms with Gasteiger partial charge in [0.15, 0.2) is 0 Å². The number of hydrogen-bond donors (Lipinski definition) is 1. The maximum atomic E-state index is 12.2. The molecule has 110 valence electrons. The fraction of sp³-hybridized carbons (Fsp3) is 0.111. The lowest BCUT2D eigenvalue weighted by Crippen LogP contribution is -2.24. The molecular formula is C18H15BrN2O. The van der Waals surface area contributed by atoms with Gasteiger partial charge in [0.1, 0.15) is 0 Å². The summed E-state index contributed by atoms with van der Waals surface area (Å²) in [4.78, 5) is 16.3. The van der Waals surface area contributed by atoms with Crippen LogP contribution in [0.3, 0.4) is 0 Å². The number of nitrogens with zero attached hydrogens (tertiary/aromatic N) is 1. The Labute approximate surface area is 137 Å². The summed E-state index contributed by atoms with van der Waals surface area (Å²) >= 11 is 3.40. The number of fused-ring (bicyclic) bond motifs is 1. The molecule has 1 aromatic heterocycles. The van der Waals surface area contributed by atoms with E-state index in [1.807, 2.05) is 54.7 Å². The summed E-state index contributed by atoms with van der Waals surface area (Å²) in [5, 5.41) is 5.10. The minimum absolute atomic E-state index is 0.0206. The second-order valence-electron chi connectivity index (χ2n) is 5.09. The van der Waals surface area contributed by atoms with Gasteiger partial charge in [-0.2, -0.15) is 0 Å². The van der Waals surface area contributed by atoms with Crippen LogP contribution < -0.4 is 5.32 Å². The van der Waals surface area contributed by atoms with E-state index in [2.05, 4.69) is 26.2 Å². The maximum absolute atomic E-state index is 12.2. The van der Waals surface area contributed by atoms with E-state index in [1.165, 1.54) is 0 Å². The highest BCUT2D eigenvalue weighted by atomic mass is 79.9. The Hall–Kier alpha value is -2.20. The minimum Gasteiger partial charge on any atom is -0.352 e. The molecule has 0 unspecified atom stereocenters. The zero-order chi connectivity index (χ0) is 15.4. The quantitative estimate of drug-likeness (QED) is 0.772. The standard InChI is InChI=1S/C18H15BrN2O/c19-16-6-4-13(5-7-16)11-21-18(22)10-14-2-1-3-15-12-20-9-8-17(14)15/h1-9,12H,10-11H2,(H,21,22). The van der Waals surface area contributed by atoms with Crippen molar-refractivity contribution in [1.82, 2.24) is 10.3 Å². The Morgan fingerprint density at radius 1 is 1.09 bits per heavy atom. The third kappa shape index (κ3) is 3.52. The van der Waals surface area contributed by atoms with Gasteiger partial charge in [0.2, 0.25) is 5.91 Å². The van der Waals surface area contributed by atoms with E-state index in [1.54, 1.807) is 6.20 Å². The number of carbonyl (C=O) groups excluding carboxylic acids is 1. The second-order valence-corrected chi connectivity index (χ2v) is 6.01. The van der Waals surface area contributed by atoms with E-state index in [0.717, 1.165) is 26.4 Å². The Morgan fingerprint density at radius 2 is 1.91 bits per heavy atom. The molecular weight excluding hydrogens is 340 g/mol. The van der Waals surface area contributed by atoms with Gasteiger partial charge in [-0.1, -0.05) is 46.3 Å². The highest BCUT2D eigenvalue weighted by Crippen LogP contribution is 2.18. The summed E-state index contributed by atoms with van der Waals surface area (Å²) in [6, 6.07) is 15.8. The lowest BCUT2D eigenvalue weighted by molar-refractivity contribution is -0.120. The highest BCUT2D eigenvalue weighted by Gasteiger charge is 2.07. The van der Waals surface area contributed by atoms with Gasteiger partial charge in [-0.15, -0.1) is 0 Å². The van der Waals surface area contributed by atoms with Gasteiger partial charge < -0.3 is 5.32 Å². The molecule has 0 atom stereocenters. The molecule has 0 aliphatic heterocycles. The van der Waals surface area contributed by atoms with Crippen LogP contribution in [0.4, 0.5) is 0 Å². The molecule has 0 radical (unpaired) electrons. The van der Waals surface area contributed by atoms with Gasteiger partial charge in [-0.3, -0.25) is 9.78 Å². The fourth-order valence-corrected chi connectivity index (χ4v) is 2.65. The van der Waals surface area contributed by atoms with Crippen molar-refractivity contribution in [3.63, 3.8) is 0 Å². The smallest absolute Gasteiger partial charge is 0.224 e. The van der Waals surface area contributed by atoms with Crippen LogP contribution in [0.15, 0.2) is 65.4 Å². The van der Waals surface area contributed by atoms with Crippen LogP contribution >= 0.6 is 15.9 Å². The van der Waals surface area contributed by atoms with E-state index in [9.17, 15) is 4.79 Å². The summed E-state index contributed by atoms with van der Waals surface area (Å²) in [6.45, 7) is 0.540. The third-order valence-electron chi connectivity index (χ3n) is 3.52. The number of carbonyl (C=O) groups is 1. The van der Waals surface area contributed by atoms with Gasteiger partial charge >= 0.3 is 0 Å². The summed E-state index contributed by atoms with van der Waals surface area (Å²) in [7, 11) is 0. The topological polar surface area (TPSA) is 42.0 Å². The molecule has 0 fully saturated rings. The molecule has 1 heterocycles. The van der Waals surface area contributed by atoms with Crippen LogP contribution in [0.2, 0.25) is 0 Å². The molecule has 0 saturated carbocycles. The number of halogens is 1. The summed E-state index contributed by atoms with van der Waals surface area (Å²) in [6.07, 6.45) is 3.95. The van der Waals surface area contributed by atoms with Crippen LogP contribution in [0.5, 0.6) is 0 Å². The molecule has 3 nitrogen and oxygen atoms in total. The Morgan fingerprint density at radius 3 is 2.73 bits per heavy atom. The molecule has 2 aromatic carbocycles. The Balaban J connectivity index is 1.67. The van der Waals surface area contributed by atoms with Gasteiger partial charge in [0, 0.05) is 28.8 Å². The van der Waals surface area contributed by atoms with Crippen LogP contribution in [0, 0.1) is 0 Å². The zero-order valence-corrected chi connectivity index (χ0v) is 13.5. The number of amides is 1. The lowest BCUT2D eigenvalue weighted by atomic mass is 10.0. The first-order valence-electron chi connectivity index (χ1n) is 7.05. The zero-order valence-electron chi connectivity index (χ0n) is 11.9. The first kappa shape index (κ1) is 14.7. The monoisotopic (exact) mass is 354 g/mol. The molecule has 3 rings (SSSR count).